The van der Waals surface area contributed by atoms with Gasteiger partial charge < -0.3 is 5.11 Å². The number of aromatic nitrogens is 3. The fraction of sp³-hybridized carbons (Fsp3) is 0.316. The zero-order valence-electron chi connectivity index (χ0n) is 14.3. The number of nitrogens with zero attached hydrogens (tertiary/aromatic N) is 4. The fourth-order valence-corrected chi connectivity index (χ4v) is 4.04. The van der Waals surface area contributed by atoms with Crippen LogP contribution in [-0.2, 0) is 6.54 Å². The van der Waals surface area contributed by atoms with Gasteiger partial charge in [-0.25, -0.2) is 9.48 Å². The Bertz CT molecular complexity index is 883. The van der Waals surface area contributed by atoms with Gasteiger partial charge in [-0.2, -0.15) is 11.3 Å². The zero-order valence-corrected chi connectivity index (χ0v) is 15.1. The average molecular weight is 368 g/mol. The minimum Gasteiger partial charge on any atom is -0.478 e. The molecule has 134 valence electrons. The molecule has 0 aliphatic carbocycles. The number of thiophene rings is 1. The Balaban J connectivity index is 1.41. The Labute approximate surface area is 155 Å². The molecule has 3 heterocycles. The maximum atomic E-state index is 11.1. The van der Waals surface area contributed by atoms with E-state index in [1.165, 1.54) is 5.56 Å². The summed E-state index contributed by atoms with van der Waals surface area (Å²) < 4.78 is 1.94. The Morgan fingerprint density at radius 2 is 2.12 bits per heavy atom. The summed E-state index contributed by atoms with van der Waals surface area (Å²) in [5.41, 5.74) is 3.15. The number of carboxylic acids is 1. The molecule has 4 rings (SSSR count). The van der Waals surface area contributed by atoms with Crippen molar-refractivity contribution < 1.29 is 9.90 Å². The lowest BCUT2D eigenvalue weighted by molar-refractivity contribution is 0.0697. The SMILES string of the molecule is O=C(O)c1cccc(-c2cn(C3CCN(Cc4ccsc4)CC3)nn2)c1. The van der Waals surface area contributed by atoms with Gasteiger partial charge in [0.15, 0.2) is 0 Å². The van der Waals surface area contributed by atoms with E-state index in [4.69, 9.17) is 5.11 Å². The third-order valence-corrected chi connectivity index (χ3v) is 5.57. The Morgan fingerprint density at radius 3 is 2.85 bits per heavy atom. The summed E-state index contributed by atoms with van der Waals surface area (Å²) in [6, 6.07) is 9.36. The van der Waals surface area contributed by atoms with Crippen LogP contribution in [0.4, 0.5) is 0 Å². The summed E-state index contributed by atoms with van der Waals surface area (Å²) in [7, 11) is 0. The van der Waals surface area contributed by atoms with E-state index in [0.717, 1.165) is 38.0 Å². The molecule has 6 nitrogen and oxygen atoms in total. The van der Waals surface area contributed by atoms with Crippen LogP contribution in [0.25, 0.3) is 11.3 Å². The molecule has 2 aromatic heterocycles. The summed E-state index contributed by atoms with van der Waals surface area (Å²) in [6.07, 6.45) is 4.02. The normalized spacial score (nSPS) is 16.0. The van der Waals surface area contributed by atoms with E-state index in [1.807, 2.05) is 16.9 Å². The van der Waals surface area contributed by atoms with Gasteiger partial charge in [0, 0.05) is 25.2 Å². The smallest absolute Gasteiger partial charge is 0.335 e. The largest absolute Gasteiger partial charge is 0.478 e. The van der Waals surface area contributed by atoms with Crippen molar-refractivity contribution in [1.82, 2.24) is 19.9 Å². The van der Waals surface area contributed by atoms with Crippen LogP contribution in [0.5, 0.6) is 0 Å². The monoisotopic (exact) mass is 368 g/mol. The van der Waals surface area contributed by atoms with Gasteiger partial charge in [-0.15, -0.1) is 5.10 Å². The maximum absolute atomic E-state index is 11.1. The predicted molar refractivity (Wildman–Crippen MR) is 100 cm³/mol. The molecule has 0 atom stereocenters. The lowest BCUT2D eigenvalue weighted by atomic mass is 10.0. The number of rotatable bonds is 5. The second-order valence-electron chi connectivity index (χ2n) is 6.61. The minimum absolute atomic E-state index is 0.263. The van der Waals surface area contributed by atoms with Crippen molar-refractivity contribution in [2.45, 2.75) is 25.4 Å². The average Bonchev–Trinajstić information content (AvgIpc) is 3.34. The first kappa shape index (κ1) is 16.9. The van der Waals surface area contributed by atoms with Gasteiger partial charge in [0.25, 0.3) is 0 Å². The molecule has 0 saturated carbocycles. The molecule has 26 heavy (non-hydrogen) atoms. The van der Waals surface area contributed by atoms with Gasteiger partial charge in [0.05, 0.1) is 17.8 Å². The number of hydrogen-bond donors (Lipinski definition) is 1. The summed E-state index contributed by atoms with van der Waals surface area (Å²) >= 11 is 1.74. The number of benzene rings is 1. The molecule has 1 aliphatic heterocycles. The topological polar surface area (TPSA) is 71.2 Å². The first-order chi connectivity index (χ1) is 12.7. The van der Waals surface area contributed by atoms with Crippen LogP contribution in [0.15, 0.2) is 47.3 Å². The molecule has 1 aromatic carbocycles. The van der Waals surface area contributed by atoms with Crippen LogP contribution in [-0.4, -0.2) is 44.1 Å². The van der Waals surface area contributed by atoms with Gasteiger partial charge in [-0.1, -0.05) is 17.3 Å². The Morgan fingerprint density at radius 1 is 1.27 bits per heavy atom. The van der Waals surface area contributed by atoms with E-state index in [-0.39, 0.29) is 5.56 Å². The first-order valence-electron chi connectivity index (χ1n) is 8.68. The predicted octanol–water partition coefficient (Wildman–Crippen LogP) is 3.54. The minimum atomic E-state index is -0.933. The Hall–Kier alpha value is -2.51. The highest BCUT2D eigenvalue weighted by molar-refractivity contribution is 7.07. The summed E-state index contributed by atoms with van der Waals surface area (Å²) in [4.78, 5) is 13.6. The van der Waals surface area contributed by atoms with Gasteiger partial charge in [0.2, 0.25) is 0 Å². The molecule has 1 aliphatic rings. The standard InChI is InChI=1S/C19H20N4O2S/c24-19(25)16-3-1-2-15(10-16)18-12-23(21-20-18)17-4-7-22(8-5-17)11-14-6-9-26-13-14/h1-3,6,9-10,12-13,17H,4-5,7-8,11H2,(H,24,25). The number of aromatic carboxylic acids is 1. The van der Waals surface area contributed by atoms with Crippen LogP contribution < -0.4 is 0 Å². The second kappa shape index (κ2) is 7.39. The molecule has 7 heteroatoms. The maximum Gasteiger partial charge on any atom is 0.335 e. The molecule has 1 fully saturated rings. The third kappa shape index (κ3) is 3.68. The summed E-state index contributed by atoms with van der Waals surface area (Å²) in [5, 5.41) is 22.0. The van der Waals surface area contributed by atoms with E-state index in [9.17, 15) is 4.79 Å². The second-order valence-corrected chi connectivity index (χ2v) is 7.39. The number of hydrogen-bond acceptors (Lipinski definition) is 5. The van der Waals surface area contributed by atoms with Crippen LogP contribution in [0.3, 0.4) is 0 Å². The molecule has 0 unspecified atom stereocenters. The molecule has 3 aromatic rings. The highest BCUT2D eigenvalue weighted by Crippen LogP contribution is 2.25. The molecule has 0 radical (unpaired) electrons. The zero-order chi connectivity index (χ0) is 17.9. The molecule has 0 bridgehead atoms. The van der Waals surface area contributed by atoms with E-state index in [2.05, 4.69) is 32.0 Å². The molecular weight excluding hydrogens is 348 g/mol. The fourth-order valence-electron chi connectivity index (χ4n) is 3.38. The van der Waals surface area contributed by atoms with Crippen molar-refractivity contribution >= 4 is 17.3 Å². The van der Waals surface area contributed by atoms with Crippen LogP contribution in [0.1, 0.15) is 34.8 Å². The lowest BCUT2D eigenvalue weighted by Crippen LogP contribution is -2.34. The summed E-state index contributed by atoms with van der Waals surface area (Å²) in [5.74, 6) is -0.933. The molecule has 1 N–H and O–H groups in total. The first-order valence-corrected chi connectivity index (χ1v) is 9.62. The highest BCUT2D eigenvalue weighted by atomic mass is 32.1. The van der Waals surface area contributed by atoms with Crippen molar-refractivity contribution in [3.63, 3.8) is 0 Å². The molecule has 1 saturated heterocycles. The van der Waals surface area contributed by atoms with Crippen molar-refractivity contribution in [2.75, 3.05) is 13.1 Å². The van der Waals surface area contributed by atoms with Crippen molar-refractivity contribution in [2.24, 2.45) is 0 Å². The number of piperidine rings is 1. The van der Waals surface area contributed by atoms with Crippen LogP contribution >= 0.6 is 11.3 Å². The van der Waals surface area contributed by atoms with E-state index in [1.54, 1.807) is 29.5 Å². The molecule has 0 amide bonds. The van der Waals surface area contributed by atoms with Gasteiger partial charge >= 0.3 is 5.97 Å². The Kier molecular flexibility index (Phi) is 4.81. The number of carbonyl (C=O) groups is 1. The summed E-state index contributed by atoms with van der Waals surface area (Å²) in [6.45, 7) is 3.11. The third-order valence-electron chi connectivity index (χ3n) is 4.83. The van der Waals surface area contributed by atoms with Crippen LogP contribution in [0, 0.1) is 0 Å². The van der Waals surface area contributed by atoms with E-state index >= 15 is 0 Å². The van der Waals surface area contributed by atoms with Crippen molar-refractivity contribution in [3.8, 4) is 11.3 Å². The lowest BCUT2D eigenvalue weighted by Gasteiger charge is -2.31. The molecule has 0 spiro atoms. The van der Waals surface area contributed by atoms with Crippen molar-refractivity contribution in [3.05, 3.63) is 58.4 Å². The van der Waals surface area contributed by atoms with Crippen molar-refractivity contribution in [1.29, 1.82) is 0 Å². The number of carboxylic acid groups (broad SMARTS) is 1. The van der Waals surface area contributed by atoms with E-state index in [0.29, 0.717) is 11.7 Å². The van der Waals surface area contributed by atoms with Crippen LogP contribution in [0.2, 0.25) is 0 Å². The molecular formula is C19H20N4O2S. The van der Waals surface area contributed by atoms with E-state index < -0.39 is 5.97 Å². The van der Waals surface area contributed by atoms with Gasteiger partial charge in [-0.3, -0.25) is 4.90 Å². The van der Waals surface area contributed by atoms with Gasteiger partial charge in [0.1, 0.15) is 5.69 Å². The number of likely N-dealkylation sites (tertiary alicyclic amines) is 1. The highest BCUT2D eigenvalue weighted by Gasteiger charge is 2.22. The quantitative estimate of drug-likeness (QED) is 0.746. The van der Waals surface area contributed by atoms with Gasteiger partial charge in [-0.05, 0) is 47.4 Å².